The highest BCUT2D eigenvalue weighted by molar-refractivity contribution is 5.80. The standard InChI is InChI=1S/C15H20O2/c1-3-14(16)11(2)10-15-13-7-5-4-6-12(13)8-9-17-15/h4-7,11,15H,3,8-10H2,1-2H3. The van der Waals surface area contributed by atoms with E-state index in [-0.39, 0.29) is 12.0 Å². The molecule has 2 heteroatoms. The summed E-state index contributed by atoms with van der Waals surface area (Å²) in [5.41, 5.74) is 2.65. The second kappa shape index (κ2) is 5.46. The summed E-state index contributed by atoms with van der Waals surface area (Å²) >= 11 is 0. The fraction of sp³-hybridized carbons (Fsp3) is 0.533. The molecule has 0 fully saturated rings. The van der Waals surface area contributed by atoms with Crippen molar-refractivity contribution in [2.24, 2.45) is 5.92 Å². The molecule has 0 amide bonds. The third-order valence-corrected chi connectivity index (χ3v) is 3.56. The van der Waals surface area contributed by atoms with Crippen LogP contribution < -0.4 is 0 Å². The van der Waals surface area contributed by atoms with Crippen LogP contribution in [0.3, 0.4) is 0 Å². The quantitative estimate of drug-likeness (QED) is 0.796. The summed E-state index contributed by atoms with van der Waals surface area (Å²) in [6.07, 6.45) is 2.52. The number of carbonyl (C=O) groups excluding carboxylic acids is 1. The molecule has 2 unspecified atom stereocenters. The topological polar surface area (TPSA) is 26.3 Å². The smallest absolute Gasteiger partial charge is 0.135 e. The van der Waals surface area contributed by atoms with Gasteiger partial charge in [0.2, 0.25) is 0 Å². The highest BCUT2D eigenvalue weighted by Crippen LogP contribution is 2.32. The van der Waals surface area contributed by atoms with Crippen molar-refractivity contribution in [3.8, 4) is 0 Å². The Kier molecular flexibility index (Phi) is 3.95. The van der Waals surface area contributed by atoms with Gasteiger partial charge in [0.15, 0.2) is 0 Å². The summed E-state index contributed by atoms with van der Waals surface area (Å²) in [6.45, 7) is 4.70. The number of hydrogen-bond donors (Lipinski definition) is 0. The van der Waals surface area contributed by atoms with Crippen LogP contribution in [0.5, 0.6) is 0 Å². The van der Waals surface area contributed by atoms with Crippen molar-refractivity contribution in [2.45, 2.75) is 39.2 Å². The number of benzene rings is 1. The third kappa shape index (κ3) is 2.75. The predicted molar refractivity (Wildman–Crippen MR) is 67.9 cm³/mol. The second-order valence-electron chi connectivity index (χ2n) is 4.76. The van der Waals surface area contributed by atoms with E-state index in [1.54, 1.807) is 0 Å². The molecule has 17 heavy (non-hydrogen) atoms. The van der Waals surface area contributed by atoms with Crippen LogP contribution in [0.15, 0.2) is 24.3 Å². The van der Waals surface area contributed by atoms with E-state index in [0.29, 0.717) is 12.2 Å². The molecule has 0 bridgehead atoms. The van der Waals surface area contributed by atoms with Gasteiger partial charge in [-0.25, -0.2) is 0 Å². The van der Waals surface area contributed by atoms with Crippen molar-refractivity contribution in [1.29, 1.82) is 0 Å². The molecular formula is C15H20O2. The van der Waals surface area contributed by atoms with E-state index in [1.807, 2.05) is 19.9 Å². The molecule has 0 radical (unpaired) electrons. The Morgan fingerprint density at radius 3 is 3.00 bits per heavy atom. The van der Waals surface area contributed by atoms with Gasteiger partial charge in [0, 0.05) is 12.3 Å². The zero-order chi connectivity index (χ0) is 12.3. The van der Waals surface area contributed by atoms with Crippen LogP contribution >= 0.6 is 0 Å². The highest BCUT2D eigenvalue weighted by Gasteiger charge is 2.24. The highest BCUT2D eigenvalue weighted by atomic mass is 16.5. The van der Waals surface area contributed by atoms with Crippen molar-refractivity contribution in [1.82, 2.24) is 0 Å². The molecule has 2 rings (SSSR count). The maximum absolute atomic E-state index is 11.6. The molecule has 0 aromatic heterocycles. The van der Waals surface area contributed by atoms with Gasteiger partial charge < -0.3 is 4.74 Å². The monoisotopic (exact) mass is 232 g/mol. The molecule has 1 aromatic carbocycles. The second-order valence-corrected chi connectivity index (χ2v) is 4.76. The van der Waals surface area contributed by atoms with Crippen molar-refractivity contribution >= 4 is 5.78 Å². The molecule has 0 aliphatic carbocycles. The molecule has 2 nitrogen and oxygen atoms in total. The zero-order valence-electron chi connectivity index (χ0n) is 10.6. The lowest BCUT2D eigenvalue weighted by molar-refractivity contribution is -0.123. The van der Waals surface area contributed by atoms with Crippen LogP contribution in [0.4, 0.5) is 0 Å². The first-order chi connectivity index (χ1) is 8.22. The SMILES string of the molecule is CCC(=O)C(C)CC1OCCc2ccccc21. The van der Waals surface area contributed by atoms with Gasteiger partial charge in [-0.05, 0) is 24.0 Å². The Morgan fingerprint density at radius 1 is 1.47 bits per heavy atom. The van der Waals surface area contributed by atoms with Gasteiger partial charge >= 0.3 is 0 Å². The van der Waals surface area contributed by atoms with Crippen molar-refractivity contribution in [3.63, 3.8) is 0 Å². The molecule has 1 aromatic rings. The van der Waals surface area contributed by atoms with Gasteiger partial charge in [0.05, 0.1) is 12.7 Å². The minimum Gasteiger partial charge on any atom is -0.373 e. The number of fused-ring (bicyclic) bond motifs is 1. The Bertz CT molecular complexity index is 398. The lowest BCUT2D eigenvalue weighted by atomic mass is 9.89. The van der Waals surface area contributed by atoms with Crippen LogP contribution in [0.1, 0.15) is 43.9 Å². The van der Waals surface area contributed by atoms with E-state index in [9.17, 15) is 4.79 Å². The van der Waals surface area contributed by atoms with Crippen LogP contribution in [0.25, 0.3) is 0 Å². The minimum absolute atomic E-state index is 0.0937. The lowest BCUT2D eigenvalue weighted by Crippen LogP contribution is -2.21. The van der Waals surface area contributed by atoms with Crippen LogP contribution in [-0.2, 0) is 16.0 Å². The maximum atomic E-state index is 11.6. The van der Waals surface area contributed by atoms with Gasteiger partial charge in [0.25, 0.3) is 0 Å². The third-order valence-electron chi connectivity index (χ3n) is 3.56. The summed E-state index contributed by atoms with van der Waals surface area (Å²) in [4.78, 5) is 11.6. The molecule has 0 saturated heterocycles. The van der Waals surface area contributed by atoms with Gasteiger partial charge in [-0.3, -0.25) is 4.79 Å². The summed E-state index contributed by atoms with van der Waals surface area (Å²) < 4.78 is 5.82. The Morgan fingerprint density at radius 2 is 2.24 bits per heavy atom. The van der Waals surface area contributed by atoms with E-state index < -0.39 is 0 Å². The average molecular weight is 232 g/mol. The Labute approximate surface area is 103 Å². The number of carbonyl (C=O) groups is 1. The van der Waals surface area contributed by atoms with Crippen molar-refractivity contribution in [2.75, 3.05) is 6.61 Å². The van der Waals surface area contributed by atoms with Gasteiger partial charge in [-0.15, -0.1) is 0 Å². The number of rotatable bonds is 4. The Hall–Kier alpha value is -1.15. The summed E-state index contributed by atoms with van der Waals surface area (Å²) in [5, 5.41) is 0. The van der Waals surface area contributed by atoms with Gasteiger partial charge in [-0.2, -0.15) is 0 Å². The molecule has 2 atom stereocenters. The van der Waals surface area contributed by atoms with E-state index in [0.717, 1.165) is 19.4 Å². The summed E-state index contributed by atoms with van der Waals surface area (Å²) in [7, 11) is 0. The largest absolute Gasteiger partial charge is 0.373 e. The first kappa shape index (κ1) is 12.3. The molecule has 0 N–H and O–H groups in total. The molecule has 1 heterocycles. The Balaban J connectivity index is 2.11. The van der Waals surface area contributed by atoms with Crippen molar-refractivity contribution < 1.29 is 9.53 Å². The number of hydrogen-bond acceptors (Lipinski definition) is 2. The zero-order valence-corrected chi connectivity index (χ0v) is 10.6. The molecule has 92 valence electrons. The van der Waals surface area contributed by atoms with E-state index in [2.05, 4.69) is 18.2 Å². The number of Topliss-reactive ketones (excluding diaryl/α,β-unsaturated/α-hetero) is 1. The van der Waals surface area contributed by atoms with Gasteiger partial charge in [-0.1, -0.05) is 38.1 Å². The summed E-state index contributed by atoms with van der Waals surface area (Å²) in [5.74, 6) is 0.424. The molecule has 0 spiro atoms. The average Bonchev–Trinajstić information content (AvgIpc) is 2.38. The number of ether oxygens (including phenoxy) is 1. The summed E-state index contributed by atoms with van der Waals surface area (Å²) in [6, 6.07) is 8.41. The van der Waals surface area contributed by atoms with E-state index in [1.165, 1.54) is 11.1 Å². The van der Waals surface area contributed by atoms with E-state index in [4.69, 9.17) is 4.74 Å². The van der Waals surface area contributed by atoms with Gasteiger partial charge in [0.1, 0.15) is 5.78 Å². The minimum atomic E-state index is 0.0937. The molecule has 1 aliphatic rings. The normalized spacial score (nSPS) is 20.7. The molecule has 1 aliphatic heterocycles. The first-order valence-corrected chi connectivity index (χ1v) is 6.44. The first-order valence-electron chi connectivity index (χ1n) is 6.44. The predicted octanol–water partition coefficient (Wildman–Crippen LogP) is 3.31. The molecular weight excluding hydrogens is 212 g/mol. The fourth-order valence-corrected chi connectivity index (χ4v) is 2.47. The van der Waals surface area contributed by atoms with Crippen molar-refractivity contribution in [3.05, 3.63) is 35.4 Å². The van der Waals surface area contributed by atoms with Crippen LogP contribution in [-0.4, -0.2) is 12.4 Å². The van der Waals surface area contributed by atoms with Crippen LogP contribution in [0, 0.1) is 5.92 Å². The fourth-order valence-electron chi connectivity index (χ4n) is 2.47. The molecule has 0 saturated carbocycles. The van der Waals surface area contributed by atoms with E-state index >= 15 is 0 Å². The lowest BCUT2D eigenvalue weighted by Gasteiger charge is -2.27. The maximum Gasteiger partial charge on any atom is 0.135 e. The number of ketones is 1. The van der Waals surface area contributed by atoms with Crippen LogP contribution in [0.2, 0.25) is 0 Å².